The van der Waals surface area contributed by atoms with Gasteiger partial charge in [0.1, 0.15) is 12.4 Å². The maximum Gasteiger partial charge on any atom is 0.310 e. The van der Waals surface area contributed by atoms with Crippen LogP contribution in [0.4, 0.5) is 0 Å². The van der Waals surface area contributed by atoms with Gasteiger partial charge in [0.05, 0.1) is 23.8 Å². The molecule has 4 rings (SSSR count). The fraction of sp³-hybridized carbons (Fsp3) is 0.318. The minimum Gasteiger partial charge on any atom is -0.489 e. The highest BCUT2D eigenvalue weighted by Gasteiger charge is 2.37. The Morgan fingerprint density at radius 2 is 1.97 bits per heavy atom. The first kappa shape index (κ1) is 20.9. The zero-order valence-electron chi connectivity index (χ0n) is 16.5. The Hall–Kier alpha value is -2.32. The zero-order valence-corrected chi connectivity index (χ0v) is 18.9. The van der Waals surface area contributed by atoms with Gasteiger partial charge in [-0.1, -0.05) is 34.1 Å². The normalized spacial score (nSPS) is 14.1. The third kappa shape index (κ3) is 4.25. The van der Waals surface area contributed by atoms with Gasteiger partial charge in [-0.05, 0) is 49.6 Å². The van der Waals surface area contributed by atoms with E-state index in [1.165, 1.54) is 3.97 Å². The van der Waals surface area contributed by atoms with Crippen LogP contribution in [0, 0.1) is 0 Å². The fourth-order valence-electron chi connectivity index (χ4n) is 3.38. The molecule has 0 aliphatic heterocycles. The van der Waals surface area contributed by atoms with Crippen molar-refractivity contribution in [3.05, 3.63) is 64.3 Å². The van der Waals surface area contributed by atoms with Crippen molar-refractivity contribution in [3.63, 3.8) is 0 Å². The summed E-state index contributed by atoms with van der Waals surface area (Å²) in [5, 5.41) is 0.548. The van der Waals surface area contributed by atoms with Crippen molar-refractivity contribution in [1.82, 2.24) is 3.97 Å². The molecule has 2 aromatic carbocycles. The molecule has 1 aliphatic rings. The fourth-order valence-corrected chi connectivity index (χ4v) is 5.72. The van der Waals surface area contributed by atoms with Gasteiger partial charge in [0, 0.05) is 21.6 Å². The van der Waals surface area contributed by atoms with Crippen LogP contribution in [0.15, 0.2) is 53.1 Å². The molecule has 0 saturated heterocycles. The predicted octanol–water partition coefficient (Wildman–Crippen LogP) is 4.43. The quantitative estimate of drug-likeness (QED) is 0.435. The van der Waals surface area contributed by atoms with E-state index in [1.54, 1.807) is 19.2 Å². The van der Waals surface area contributed by atoms with E-state index >= 15 is 0 Å². The number of rotatable bonds is 8. The van der Waals surface area contributed by atoms with Crippen LogP contribution < -0.4 is 4.74 Å². The first-order valence-electron chi connectivity index (χ1n) is 9.80. The molecular weight excluding hydrogens is 470 g/mol. The van der Waals surface area contributed by atoms with Gasteiger partial charge in [0.25, 0.3) is 0 Å². The van der Waals surface area contributed by atoms with Crippen LogP contribution in [0.3, 0.4) is 0 Å². The average molecular weight is 492 g/mol. The Balaban J connectivity index is 1.59. The Labute approximate surface area is 184 Å². The molecule has 0 bridgehead atoms. The molecule has 1 heterocycles. The number of esters is 1. The van der Waals surface area contributed by atoms with Gasteiger partial charge in [-0.25, -0.2) is 12.4 Å². The van der Waals surface area contributed by atoms with E-state index in [-0.39, 0.29) is 24.2 Å². The second-order valence-electron chi connectivity index (χ2n) is 7.24. The van der Waals surface area contributed by atoms with Gasteiger partial charge in [0.15, 0.2) is 0 Å². The molecule has 3 aromatic rings. The number of para-hydroxylation sites is 1. The van der Waals surface area contributed by atoms with Crippen LogP contribution >= 0.6 is 15.9 Å². The van der Waals surface area contributed by atoms with Crippen molar-refractivity contribution in [1.29, 1.82) is 0 Å². The summed E-state index contributed by atoms with van der Waals surface area (Å²) in [5.41, 5.74) is 2.21. The molecule has 0 unspecified atom stereocenters. The number of aromatic nitrogens is 1. The van der Waals surface area contributed by atoms with Crippen LogP contribution in [0.25, 0.3) is 10.9 Å². The zero-order chi connectivity index (χ0) is 21.3. The second kappa shape index (κ2) is 8.43. The highest BCUT2D eigenvalue weighted by molar-refractivity contribution is 9.10. The summed E-state index contributed by atoms with van der Waals surface area (Å²) in [6, 6.07) is 12.9. The minimum absolute atomic E-state index is 0.134. The van der Waals surface area contributed by atoms with E-state index in [9.17, 15) is 13.2 Å². The molecule has 1 aliphatic carbocycles. The molecule has 0 N–H and O–H groups in total. The van der Waals surface area contributed by atoms with Crippen molar-refractivity contribution in [2.75, 3.05) is 6.61 Å². The summed E-state index contributed by atoms with van der Waals surface area (Å²) in [5.74, 6) is 0.295. The summed E-state index contributed by atoms with van der Waals surface area (Å²) in [7, 11) is -3.37. The number of hydrogen-bond acceptors (Lipinski definition) is 5. The molecule has 0 radical (unpaired) electrons. The molecule has 0 amide bonds. The van der Waals surface area contributed by atoms with Gasteiger partial charge in [-0.15, -0.1) is 0 Å². The van der Waals surface area contributed by atoms with Crippen LogP contribution in [-0.4, -0.2) is 30.2 Å². The summed E-state index contributed by atoms with van der Waals surface area (Å²) < 4.78 is 38.7. The Bertz CT molecular complexity index is 1200. The van der Waals surface area contributed by atoms with Gasteiger partial charge in [0.2, 0.25) is 10.0 Å². The molecule has 1 saturated carbocycles. The Kier molecular flexibility index (Phi) is 5.88. The van der Waals surface area contributed by atoms with Gasteiger partial charge in [-0.3, -0.25) is 4.79 Å². The van der Waals surface area contributed by atoms with Crippen molar-refractivity contribution in [2.45, 2.75) is 38.0 Å². The summed E-state index contributed by atoms with van der Waals surface area (Å²) in [4.78, 5) is 11.8. The van der Waals surface area contributed by atoms with E-state index in [1.807, 2.05) is 36.4 Å². The van der Waals surface area contributed by atoms with E-state index in [4.69, 9.17) is 9.47 Å². The number of halogens is 1. The van der Waals surface area contributed by atoms with Crippen LogP contribution in [0.5, 0.6) is 5.75 Å². The number of ether oxygens (including phenoxy) is 2. The smallest absolute Gasteiger partial charge is 0.310 e. The number of benzene rings is 2. The first-order chi connectivity index (χ1) is 14.4. The van der Waals surface area contributed by atoms with Crippen molar-refractivity contribution in [3.8, 4) is 5.75 Å². The first-order valence-corrected chi connectivity index (χ1v) is 12.1. The molecule has 1 fully saturated rings. The summed E-state index contributed by atoms with van der Waals surface area (Å²) >= 11 is 3.55. The Morgan fingerprint density at radius 3 is 2.70 bits per heavy atom. The maximum atomic E-state index is 12.7. The third-order valence-corrected chi connectivity index (χ3v) is 7.85. The lowest BCUT2D eigenvalue weighted by molar-refractivity contribution is -0.142. The molecular formula is C22H22BrNO5S. The molecule has 0 spiro atoms. The highest BCUT2D eigenvalue weighted by atomic mass is 79.9. The lowest BCUT2D eigenvalue weighted by Crippen LogP contribution is -2.16. The maximum absolute atomic E-state index is 12.7. The van der Waals surface area contributed by atoms with Crippen molar-refractivity contribution in [2.24, 2.45) is 0 Å². The Morgan fingerprint density at radius 1 is 1.20 bits per heavy atom. The molecule has 0 atom stereocenters. The van der Waals surface area contributed by atoms with Crippen LogP contribution in [0.2, 0.25) is 0 Å². The monoisotopic (exact) mass is 491 g/mol. The summed E-state index contributed by atoms with van der Waals surface area (Å²) in [6.45, 7) is 2.34. The SMILES string of the molecule is CCOC(=O)Cc1ccccc1OCc1cc(Br)c2ccn(S(=O)(=O)C3CC3)c2c1. The van der Waals surface area contributed by atoms with Crippen molar-refractivity contribution >= 4 is 42.8 Å². The van der Waals surface area contributed by atoms with E-state index in [2.05, 4.69) is 15.9 Å². The average Bonchev–Trinajstić information content (AvgIpc) is 3.48. The second-order valence-corrected chi connectivity index (χ2v) is 10.2. The minimum atomic E-state index is -3.37. The van der Waals surface area contributed by atoms with E-state index < -0.39 is 10.0 Å². The van der Waals surface area contributed by atoms with Gasteiger partial charge in [-0.2, -0.15) is 0 Å². The molecule has 6 nitrogen and oxygen atoms in total. The number of hydrogen-bond donors (Lipinski definition) is 0. The van der Waals surface area contributed by atoms with E-state index in [0.717, 1.165) is 21.0 Å². The standard InChI is InChI=1S/C22H22BrNO5S/c1-2-28-22(25)13-16-5-3-4-6-21(16)29-14-15-11-19(23)18-9-10-24(20(18)12-15)30(26,27)17-7-8-17/h3-6,9-12,17H,2,7-8,13-14H2,1H3. The molecule has 1 aromatic heterocycles. The van der Waals surface area contributed by atoms with Gasteiger partial charge < -0.3 is 9.47 Å². The van der Waals surface area contributed by atoms with Gasteiger partial charge >= 0.3 is 5.97 Å². The molecule has 158 valence electrons. The predicted molar refractivity (Wildman–Crippen MR) is 118 cm³/mol. The topological polar surface area (TPSA) is 74.6 Å². The lowest BCUT2D eigenvalue weighted by Gasteiger charge is -2.13. The van der Waals surface area contributed by atoms with E-state index in [0.29, 0.717) is 30.7 Å². The lowest BCUT2D eigenvalue weighted by atomic mass is 10.1. The third-order valence-electron chi connectivity index (χ3n) is 5.01. The number of fused-ring (bicyclic) bond motifs is 1. The number of carbonyl (C=O) groups excluding carboxylic acids is 1. The number of nitrogens with zero attached hydrogens (tertiary/aromatic N) is 1. The summed E-state index contributed by atoms with van der Waals surface area (Å²) in [6.07, 6.45) is 3.17. The van der Waals surface area contributed by atoms with Crippen LogP contribution in [0.1, 0.15) is 30.9 Å². The highest BCUT2D eigenvalue weighted by Crippen LogP contribution is 2.34. The largest absolute Gasteiger partial charge is 0.489 e. The van der Waals surface area contributed by atoms with Crippen LogP contribution in [-0.2, 0) is 32.6 Å². The molecule has 30 heavy (non-hydrogen) atoms. The van der Waals surface area contributed by atoms with Crippen molar-refractivity contribution < 1.29 is 22.7 Å². The number of carbonyl (C=O) groups is 1. The molecule has 8 heteroatoms.